The van der Waals surface area contributed by atoms with E-state index in [0.717, 1.165) is 5.56 Å². The van der Waals surface area contributed by atoms with Crippen molar-refractivity contribution in [1.82, 2.24) is 0 Å². The van der Waals surface area contributed by atoms with Crippen molar-refractivity contribution >= 4 is 6.08 Å². The summed E-state index contributed by atoms with van der Waals surface area (Å²) in [5, 5.41) is 9.44. The number of epoxide rings is 1. The van der Waals surface area contributed by atoms with Crippen molar-refractivity contribution in [3.63, 3.8) is 0 Å². The highest BCUT2D eigenvalue weighted by atomic mass is 16.6. The van der Waals surface area contributed by atoms with Crippen LogP contribution >= 0.6 is 0 Å². The van der Waals surface area contributed by atoms with E-state index in [1.54, 1.807) is 6.08 Å². The molecule has 1 heterocycles. The molecule has 1 N–H and O–H groups in total. The Kier molecular flexibility index (Phi) is 2.43. The number of aliphatic hydroxyl groups excluding tert-OH is 1. The van der Waals surface area contributed by atoms with Crippen LogP contribution < -0.4 is 0 Å². The molecule has 2 unspecified atom stereocenters. The molecular weight excluding hydrogens is 164 g/mol. The van der Waals surface area contributed by atoms with Gasteiger partial charge in [-0.3, -0.25) is 0 Å². The van der Waals surface area contributed by atoms with Crippen LogP contribution in [0.2, 0.25) is 0 Å². The molecule has 0 bridgehead atoms. The van der Waals surface area contributed by atoms with E-state index in [1.807, 2.05) is 36.4 Å². The molecule has 1 saturated heterocycles. The summed E-state index contributed by atoms with van der Waals surface area (Å²) >= 11 is 0. The van der Waals surface area contributed by atoms with Crippen molar-refractivity contribution in [2.45, 2.75) is 12.2 Å². The second-order valence-electron chi connectivity index (χ2n) is 3.13. The Morgan fingerprint density at radius 2 is 2.08 bits per heavy atom. The molecule has 1 aliphatic heterocycles. The van der Waals surface area contributed by atoms with Crippen LogP contribution in [-0.4, -0.2) is 23.9 Å². The summed E-state index contributed by atoms with van der Waals surface area (Å²) in [6.07, 6.45) is 3.25. The van der Waals surface area contributed by atoms with Crippen LogP contribution in [0.5, 0.6) is 0 Å². The molecule has 2 atom stereocenters. The van der Waals surface area contributed by atoms with E-state index >= 15 is 0 Å². The normalized spacial score (nSPS) is 23.3. The van der Waals surface area contributed by atoms with Gasteiger partial charge >= 0.3 is 0 Å². The Bertz CT molecular complexity index is 288. The topological polar surface area (TPSA) is 32.8 Å². The lowest BCUT2D eigenvalue weighted by molar-refractivity contribution is 0.178. The van der Waals surface area contributed by atoms with Gasteiger partial charge in [-0.1, -0.05) is 42.5 Å². The molecule has 1 aromatic carbocycles. The van der Waals surface area contributed by atoms with E-state index in [9.17, 15) is 5.11 Å². The maximum atomic E-state index is 9.44. The molecule has 0 saturated carbocycles. The number of hydrogen-bond acceptors (Lipinski definition) is 2. The molecule has 1 aromatic rings. The molecule has 2 nitrogen and oxygen atoms in total. The SMILES string of the molecule is OC(/C=C/c1ccccc1)C1CO1. The average molecular weight is 176 g/mol. The largest absolute Gasteiger partial charge is 0.386 e. The minimum atomic E-state index is -0.458. The van der Waals surface area contributed by atoms with Gasteiger partial charge in [-0.25, -0.2) is 0 Å². The number of benzene rings is 1. The van der Waals surface area contributed by atoms with E-state index in [1.165, 1.54) is 0 Å². The maximum Gasteiger partial charge on any atom is 0.110 e. The van der Waals surface area contributed by atoms with Gasteiger partial charge in [0, 0.05) is 0 Å². The molecular formula is C11H12O2. The molecule has 0 spiro atoms. The van der Waals surface area contributed by atoms with Gasteiger partial charge < -0.3 is 9.84 Å². The second-order valence-corrected chi connectivity index (χ2v) is 3.13. The number of rotatable bonds is 3. The van der Waals surface area contributed by atoms with Gasteiger partial charge in [0.2, 0.25) is 0 Å². The number of aliphatic hydroxyl groups is 1. The van der Waals surface area contributed by atoms with Gasteiger partial charge in [0.05, 0.1) is 6.61 Å². The predicted molar refractivity (Wildman–Crippen MR) is 51.2 cm³/mol. The molecule has 68 valence electrons. The van der Waals surface area contributed by atoms with E-state index in [4.69, 9.17) is 4.74 Å². The summed E-state index contributed by atoms with van der Waals surface area (Å²) in [4.78, 5) is 0. The summed E-state index contributed by atoms with van der Waals surface area (Å²) in [7, 11) is 0. The van der Waals surface area contributed by atoms with Gasteiger partial charge in [-0.15, -0.1) is 0 Å². The molecule has 0 amide bonds. The van der Waals surface area contributed by atoms with Crippen LogP contribution in [0.3, 0.4) is 0 Å². The fraction of sp³-hybridized carbons (Fsp3) is 0.273. The van der Waals surface area contributed by atoms with Gasteiger partial charge in [0.15, 0.2) is 0 Å². The Morgan fingerprint density at radius 1 is 1.38 bits per heavy atom. The third-order valence-electron chi connectivity index (χ3n) is 2.03. The molecule has 1 fully saturated rings. The highest BCUT2D eigenvalue weighted by Crippen LogP contribution is 2.15. The fourth-order valence-corrected chi connectivity index (χ4v) is 1.15. The van der Waals surface area contributed by atoms with Crippen molar-refractivity contribution in [2.75, 3.05) is 6.61 Å². The molecule has 0 aliphatic carbocycles. The van der Waals surface area contributed by atoms with Crippen molar-refractivity contribution in [3.05, 3.63) is 42.0 Å². The van der Waals surface area contributed by atoms with Crippen molar-refractivity contribution in [2.24, 2.45) is 0 Å². The van der Waals surface area contributed by atoms with Crippen LogP contribution in [0.25, 0.3) is 6.08 Å². The zero-order chi connectivity index (χ0) is 9.10. The summed E-state index contributed by atoms with van der Waals surface area (Å²) < 4.78 is 4.96. The summed E-state index contributed by atoms with van der Waals surface area (Å²) in [6, 6.07) is 9.91. The lowest BCUT2D eigenvalue weighted by Crippen LogP contribution is -2.09. The van der Waals surface area contributed by atoms with Crippen molar-refractivity contribution in [3.8, 4) is 0 Å². The first kappa shape index (κ1) is 8.48. The molecule has 1 aliphatic rings. The zero-order valence-corrected chi connectivity index (χ0v) is 7.26. The Hall–Kier alpha value is -1.12. The van der Waals surface area contributed by atoms with Crippen LogP contribution in [0.15, 0.2) is 36.4 Å². The number of ether oxygens (including phenoxy) is 1. The van der Waals surface area contributed by atoms with E-state index in [2.05, 4.69) is 0 Å². The van der Waals surface area contributed by atoms with Crippen LogP contribution in [0, 0.1) is 0 Å². The van der Waals surface area contributed by atoms with Gasteiger partial charge in [-0.05, 0) is 5.56 Å². The van der Waals surface area contributed by atoms with E-state index in [-0.39, 0.29) is 6.10 Å². The summed E-state index contributed by atoms with van der Waals surface area (Å²) in [5.41, 5.74) is 1.10. The van der Waals surface area contributed by atoms with Crippen LogP contribution in [-0.2, 0) is 4.74 Å². The zero-order valence-electron chi connectivity index (χ0n) is 7.26. The third kappa shape index (κ3) is 2.41. The molecule has 2 heteroatoms. The first-order valence-electron chi connectivity index (χ1n) is 4.39. The summed E-state index contributed by atoms with van der Waals surface area (Å²) in [5.74, 6) is 0. The highest BCUT2D eigenvalue weighted by Gasteiger charge is 2.29. The minimum absolute atomic E-state index is 0.0277. The van der Waals surface area contributed by atoms with Crippen molar-refractivity contribution < 1.29 is 9.84 Å². The van der Waals surface area contributed by atoms with E-state index < -0.39 is 6.10 Å². The van der Waals surface area contributed by atoms with Crippen LogP contribution in [0.1, 0.15) is 5.56 Å². The molecule has 0 aromatic heterocycles. The van der Waals surface area contributed by atoms with Crippen LogP contribution in [0.4, 0.5) is 0 Å². The standard InChI is InChI=1S/C11H12O2/c12-10(11-8-13-11)7-6-9-4-2-1-3-5-9/h1-7,10-12H,8H2/b7-6+. The number of hydrogen-bond donors (Lipinski definition) is 1. The molecule has 0 radical (unpaired) electrons. The summed E-state index contributed by atoms with van der Waals surface area (Å²) in [6.45, 7) is 0.681. The maximum absolute atomic E-state index is 9.44. The first-order chi connectivity index (χ1) is 6.36. The van der Waals surface area contributed by atoms with Gasteiger partial charge in [-0.2, -0.15) is 0 Å². The van der Waals surface area contributed by atoms with Gasteiger partial charge in [0.1, 0.15) is 12.2 Å². The molecule has 13 heavy (non-hydrogen) atoms. The quantitative estimate of drug-likeness (QED) is 0.707. The third-order valence-corrected chi connectivity index (χ3v) is 2.03. The Morgan fingerprint density at radius 3 is 2.69 bits per heavy atom. The predicted octanol–water partition coefficient (Wildman–Crippen LogP) is 1.46. The fourth-order valence-electron chi connectivity index (χ4n) is 1.15. The van der Waals surface area contributed by atoms with E-state index in [0.29, 0.717) is 6.61 Å². The average Bonchev–Trinajstić information content (AvgIpc) is 2.99. The lowest BCUT2D eigenvalue weighted by Gasteiger charge is -1.98. The monoisotopic (exact) mass is 176 g/mol. The Balaban J connectivity index is 1.96. The lowest BCUT2D eigenvalue weighted by atomic mass is 10.1. The smallest absolute Gasteiger partial charge is 0.110 e. The van der Waals surface area contributed by atoms with Crippen molar-refractivity contribution in [1.29, 1.82) is 0 Å². The minimum Gasteiger partial charge on any atom is -0.386 e. The first-order valence-corrected chi connectivity index (χ1v) is 4.39. The molecule has 2 rings (SSSR count). The second kappa shape index (κ2) is 3.73. The van der Waals surface area contributed by atoms with Gasteiger partial charge in [0.25, 0.3) is 0 Å². The Labute approximate surface area is 77.5 Å². The highest BCUT2D eigenvalue weighted by molar-refractivity contribution is 5.49.